The van der Waals surface area contributed by atoms with Crippen LogP contribution in [0, 0.1) is 5.92 Å². The molecule has 3 aromatic rings. The second-order valence-corrected chi connectivity index (χ2v) is 9.31. The van der Waals surface area contributed by atoms with Crippen LogP contribution < -0.4 is 4.74 Å². The van der Waals surface area contributed by atoms with Crippen molar-refractivity contribution in [2.24, 2.45) is 5.92 Å². The van der Waals surface area contributed by atoms with Gasteiger partial charge in [-0.2, -0.15) is 0 Å². The SMILES string of the molecule is O=C(O)COc1ccc(Cl)cc1C1c2ccccc2CN1C(=O)C1CC1c1cccc(Cl)c1. The molecule has 168 valence electrons. The van der Waals surface area contributed by atoms with Crippen LogP contribution in [-0.2, 0) is 16.1 Å². The Hall–Kier alpha value is -3.02. The summed E-state index contributed by atoms with van der Waals surface area (Å²) in [6.45, 7) is -0.000264. The third-order valence-corrected chi connectivity index (χ3v) is 6.76. The zero-order valence-electron chi connectivity index (χ0n) is 17.6. The van der Waals surface area contributed by atoms with Crippen LogP contribution in [0.1, 0.15) is 40.6 Å². The smallest absolute Gasteiger partial charge is 0.341 e. The molecule has 5 nitrogen and oxygen atoms in total. The molecule has 3 aromatic carbocycles. The molecule has 7 heteroatoms. The van der Waals surface area contributed by atoms with Crippen molar-refractivity contribution >= 4 is 35.1 Å². The molecular formula is C26H21Cl2NO4. The van der Waals surface area contributed by atoms with E-state index in [1.54, 1.807) is 18.2 Å². The van der Waals surface area contributed by atoms with E-state index in [2.05, 4.69) is 0 Å². The number of carboxylic acids is 1. The normalized spacial score (nSPS) is 20.9. The van der Waals surface area contributed by atoms with Crippen molar-refractivity contribution in [3.8, 4) is 5.75 Å². The van der Waals surface area contributed by atoms with Gasteiger partial charge in [0, 0.05) is 28.1 Å². The maximum Gasteiger partial charge on any atom is 0.341 e. The molecule has 2 aliphatic rings. The van der Waals surface area contributed by atoms with Crippen LogP contribution in [0.25, 0.3) is 0 Å². The van der Waals surface area contributed by atoms with Gasteiger partial charge in [-0.1, -0.05) is 59.6 Å². The molecule has 0 bridgehead atoms. The zero-order chi connectivity index (χ0) is 23.1. The maximum atomic E-state index is 13.7. The third kappa shape index (κ3) is 4.31. The molecule has 1 saturated carbocycles. The highest BCUT2D eigenvalue weighted by atomic mass is 35.5. The zero-order valence-corrected chi connectivity index (χ0v) is 19.1. The number of rotatable bonds is 6. The van der Waals surface area contributed by atoms with Crippen LogP contribution in [0.15, 0.2) is 66.7 Å². The van der Waals surface area contributed by atoms with Crippen LogP contribution in [0.3, 0.4) is 0 Å². The highest BCUT2D eigenvalue weighted by molar-refractivity contribution is 6.31. The second kappa shape index (κ2) is 8.73. The van der Waals surface area contributed by atoms with E-state index in [-0.39, 0.29) is 17.7 Å². The summed E-state index contributed by atoms with van der Waals surface area (Å²) in [5.74, 6) is -0.586. The van der Waals surface area contributed by atoms with Crippen molar-refractivity contribution in [2.75, 3.05) is 6.61 Å². The van der Waals surface area contributed by atoms with E-state index >= 15 is 0 Å². The lowest BCUT2D eigenvalue weighted by Gasteiger charge is -2.28. The third-order valence-electron chi connectivity index (χ3n) is 6.29. The Bertz CT molecular complexity index is 1240. The topological polar surface area (TPSA) is 66.8 Å². The van der Waals surface area contributed by atoms with E-state index in [0.717, 1.165) is 23.1 Å². The van der Waals surface area contributed by atoms with Gasteiger partial charge in [-0.05, 0) is 59.4 Å². The molecule has 0 spiro atoms. The molecule has 1 heterocycles. The van der Waals surface area contributed by atoms with Crippen LogP contribution in [0.2, 0.25) is 10.0 Å². The van der Waals surface area contributed by atoms with Crippen molar-refractivity contribution < 1.29 is 19.4 Å². The second-order valence-electron chi connectivity index (χ2n) is 8.44. The van der Waals surface area contributed by atoms with E-state index in [4.69, 9.17) is 33.0 Å². The number of carbonyl (C=O) groups is 2. The van der Waals surface area contributed by atoms with Gasteiger partial charge >= 0.3 is 5.97 Å². The van der Waals surface area contributed by atoms with Gasteiger partial charge in [0.2, 0.25) is 5.91 Å². The molecule has 33 heavy (non-hydrogen) atoms. The van der Waals surface area contributed by atoms with Gasteiger partial charge in [-0.25, -0.2) is 4.79 Å². The number of hydrogen-bond acceptors (Lipinski definition) is 3. The summed E-state index contributed by atoms with van der Waals surface area (Å²) in [5, 5.41) is 10.3. The summed E-state index contributed by atoms with van der Waals surface area (Å²) in [5.41, 5.74) is 3.80. The molecule has 1 aliphatic carbocycles. The fourth-order valence-electron chi connectivity index (χ4n) is 4.72. The first-order chi connectivity index (χ1) is 15.9. The Morgan fingerprint density at radius 2 is 1.76 bits per heavy atom. The highest BCUT2D eigenvalue weighted by Crippen LogP contribution is 2.52. The van der Waals surface area contributed by atoms with Gasteiger partial charge < -0.3 is 14.7 Å². The standard InChI is InChI=1S/C26H21Cl2NO4/c27-17-6-3-5-15(10-17)20-12-21(20)26(32)29-13-16-4-1-2-7-19(16)25(29)22-11-18(28)8-9-23(22)33-14-24(30)31/h1-11,20-21,25H,12-14H2,(H,30,31). The van der Waals surface area contributed by atoms with Gasteiger partial charge in [0.25, 0.3) is 0 Å². The number of carboxylic acid groups (broad SMARTS) is 1. The lowest BCUT2D eigenvalue weighted by atomic mass is 9.97. The number of benzene rings is 3. The predicted molar refractivity (Wildman–Crippen MR) is 126 cm³/mol. The van der Waals surface area contributed by atoms with Crippen LogP contribution in [0.5, 0.6) is 5.75 Å². The fourth-order valence-corrected chi connectivity index (χ4v) is 5.10. The van der Waals surface area contributed by atoms with E-state index in [1.807, 2.05) is 53.4 Å². The summed E-state index contributed by atoms with van der Waals surface area (Å²) in [7, 11) is 0. The first kappa shape index (κ1) is 21.8. The summed E-state index contributed by atoms with van der Waals surface area (Å²) >= 11 is 12.5. The summed E-state index contributed by atoms with van der Waals surface area (Å²) in [6, 6.07) is 20.2. The number of halogens is 2. The summed E-state index contributed by atoms with van der Waals surface area (Å²) in [4.78, 5) is 26.7. The molecule has 0 radical (unpaired) electrons. The Morgan fingerprint density at radius 3 is 2.55 bits per heavy atom. The molecule has 1 fully saturated rings. The van der Waals surface area contributed by atoms with Gasteiger partial charge in [0.15, 0.2) is 6.61 Å². The monoisotopic (exact) mass is 481 g/mol. The van der Waals surface area contributed by atoms with E-state index in [1.165, 1.54) is 0 Å². The predicted octanol–water partition coefficient (Wildman–Crippen LogP) is 5.69. The van der Waals surface area contributed by atoms with Gasteiger partial charge in [-0.15, -0.1) is 0 Å². The Morgan fingerprint density at radius 1 is 0.970 bits per heavy atom. The first-order valence-electron chi connectivity index (χ1n) is 10.7. The van der Waals surface area contributed by atoms with Crippen molar-refractivity contribution in [1.29, 1.82) is 0 Å². The Kier molecular flexibility index (Phi) is 5.77. The quantitative estimate of drug-likeness (QED) is 0.490. The van der Waals surface area contributed by atoms with Gasteiger partial charge in [-0.3, -0.25) is 4.79 Å². The first-order valence-corrected chi connectivity index (χ1v) is 11.5. The molecular weight excluding hydrogens is 461 g/mol. The number of aliphatic carboxylic acids is 1. The highest BCUT2D eigenvalue weighted by Gasteiger charge is 2.49. The number of ether oxygens (including phenoxy) is 1. The van der Waals surface area contributed by atoms with Crippen LogP contribution in [0.4, 0.5) is 0 Å². The molecule has 0 aromatic heterocycles. The average molecular weight is 482 g/mol. The van der Waals surface area contributed by atoms with E-state index in [9.17, 15) is 9.59 Å². The van der Waals surface area contributed by atoms with Crippen molar-refractivity contribution in [2.45, 2.75) is 24.9 Å². The molecule has 0 saturated heterocycles. The van der Waals surface area contributed by atoms with Gasteiger partial charge in [0.1, 0.15) is 5.75 Å². The Balaban J connectivity index is 1.49. The number of amides is 1. The maximum absolute atomic E-state index is 13.7. The molecule has 1 N–H and O–H groups in total. The lowest BCUT2D eigenvalue weighted by Crippen LogP contribution is -2.32. The number of hydrogen-bond donors (Lipinski definition) is 1. The molecule has 3 unspecified atom stereocenters. The summed E-state index contributed by atoms with van der Waals surface area (Å²) < 4.78 is 5.58. The minimum atomic E-state index is -1.07. The molecule has 3 atom stereocenters. The fraction of sp³-hybridized carbons (Fsp3) is 0.231. The largest absolute Gasteiger partial charge is 0.482 e. The Labute approximate surface area is 201 Å². The molecule has 1 amide bonds. The van der Waals surface area contributed by atoms with Crippen LogP contribution in [-0.4, -0.2) is 28.5 Å². The minimum Gasteiger partial charge on any atom is -0.482 e. The number of fused-ring (bicyclic) bond motifs is 1. The minimum absolute atomic E-state index is 0.0605. The average Bonchev–Trinajstić information content (AvgIpc) is 3.51. The van der Waals surface area contributed by atoms with E-state index < -0.39 is 18.6 Å². The van der Waals surface area contributed by atoms with Crippen molar-refractivity contribution in [1.82, 2.24) is 4.90 Å². The van der Waals surface area contributed by atoms with Gasteiger partial charge in [0.05, 0.1) is 6.04 Å². The molecule has 1 aliphatic heterocycles. The van der Waals surface area contributed by atoms with Crippen molar-refractivity contribution in [3.05, 3.63) is 99.0 Å². The van der Waals surface area contributed by atoms with E-state index in [0.29, 0.717) is 27.9 Å². The number of nitrogens with zero attached hydrogens (tertiary/aromatic N) is 1. The molecule has 5 rings (SSSR count). The van der Waals surface area contributed by atoms with Crippen LogP contribution >= 0.6 is 23.2 Å². The van der Waals surface area contributed by atoms with Crippen molar-refractivity contribution in [3.63, 3.8) is 0 Å². The number of carbonyl (C=O) groups excluding carboxylic acids is 1. The summed E-state index contributed by atoms with van der Waals surface area (Å²) in [6.07, 6.45) is 0.774. The lowest BCUT2D eigenvalue weighted by molar-refractivity contribution is -0.139.